The summed E-state index contributed by atoms with van der Waals surface area (Å²) < 4.78 is 17.8. The Hall–Kier alpha value is -2.44. The Morgan fingerprint density at radius 2 is 0.949 bits per heavy atom. The minimum atomic E-state index is -0.876. The monoisotopic (exact) mass is 545 g/mol. The molecular weight excluding hydrogens is 495 g/mol. The second-order valence-electron chi connectivity index (χ2n) is 15.3. The highest BCUT2D eigenvalue weighted by atomic mass is 31.1. The fraction of sp³-hybridized carbons (Fsp3) is 0.500. The molecule has 0 bridgehead atoms. The van der Waals surface area contributed by atoms with Crippen LogP contribution in [-0.4, -0.2) is 0 Å². The van der Waals surface area contributed by atoms with E-state index in [9.17, 15) is 4.57 Å². The lowest BCUT2D eigenvalue weighted by atomic mass is 9.72. The van der Waals surface area contributed by atoms with Crippen molar-refractivity contribution < 1.29 is 9.09 Å². The van der Waals surface area contributed by atoms with Crippen molar-refractivity contribution in [3.05, 3.63) is 75.8 Å². The van der Waals surface area contributed by atoms with Gasteiger partial charge in [-0.25, -0.2) is 0 Å². The molecule has 0 spiro atoms. The predicted molar refractivity (Wildman–Crippen MR) is 171 cm³/mol. The van der Waals surface area contributed by atoms with Crippen molar-refractivity contribution in [3.8, 4) is 28.0 Å². The fourth-order valence-electron chi connectivity index (χ4n) is 5.87. The third-order valence-corrected chi connectivity index (χ3v) is 8.00. The maximum atomic E-state index is 11.9. The van der Waals surface area contributed by atoms with Gasteiger partial charge < -0.3 is 0 Å². The molecule has 0 aliphatic rings. The lowest BCUT2D eigenvalue weighted by Crippen LogP contribution is -2.20. The lowest BCUT2D eigenvalue weighted by Gasteiger charge is -2.32. The predicted octanol–water partition coefficient (Wildman–Crippen LogP) is 11.1. The maximum Gasteiger partial charge on any atom is 0.542 e. The van der Waals surface area contributed by atoms with E-state index in [1.54, 1.807) is 0 Å². The molecule has 0 N–H and O–H groups in total. The smallest absolute Gasteiger partial charge is 0.255 e. The molecule has 3 rings (SSSR count). The first-order valence-corrected chi connectivity index (χ1v) is 15.0. The van der Waals surface area contributed by atoms with Gasteiger partial charge in [0, 0.05) is 5.56 Å². The SMILES string of the molecule is Cc1cc(-c2cccc(O[PH+]=O)c2-c2cc(C)c(C(C)(C)C)cc2C(C)(C)C)c(C(C)(C)C)cc1C(C)(C)C. The van der Waals surface area contributed by atoms with Crippen LogP contribution in [0.25, 0.3) is 22.3 Å². The second kappa shape index (κ2) is 10.5. The van der Waals surface area contributed by atoms with Crippen LogP contribution in [0.3, 0.4) is 0 Å². The van der Waals surface area contributed by atoms with Crippen molar-refractivity contribution in [2.45, 2.75) is 119 Å². The highest BCUT2D eigenvalue weighted by Crippen LogP contribution is 2.49. The number of aryl methyl sites for hydroxylation is 2. The van der Waals surface area contributed by atoms with Crippen molar-refractivity contribution in [1.82, 2.24) is 0 Å². The van der Waals surface area contributed by atoms with Gasteiger partial charge >= 0.3 is 8.69 Å². The summed E-state index contributed by atoms with van der Waals surface area (Å²) in [6.07, 6.45) is 0. The van der Waals surface area contributed by atoms with Crippen LogP contribution >= 0.6 is 8.69 Å². The average Bonchev–Trinajstić information content (AvgIpc) is 2.75. The van der Waals surface area contributed by atoms with Crippen LogP contribution in [0.4, 0.5) is 0 Å². The molecule has 3 heteroatoms. The molecular formula is C36H50O2P+. The van der Waals surface area contributed by atoms with Crippen molar-refractivity contribution in [2.24, 2.45) is 0 Å². The summed E-state index contributed by atoms with van der Waals surface area (Å²) in [7, 11) is -0.876. The van der Waals surface area contributed by atoms with E-state index < -0.39 is 8.69 Å². The van der Waals surface area contributed by atoms with Crippen LogP contribution in [0.5, 0.6) is 5.75 Å². The minimum absolute atomic E-state index is 0.0250. The van der Waals surface area contributed by atoms with E-state index in [4.69, 9.17) is 4.52 Å². The molecule has 0 heterocycles. The van der Waals surface area contributed by atoms with Crippen LogP contribution in [-0.2, 0) is 26.2 Å². The van der Waals surface area contributed by atoms with Crippen LogP contribution in [0.2, 0.25) is 0 Å². The van der Waals surface area contributed by atoms with Crippen LogP contribution in [0, 0.1) is 13.8 Å². The maximum absolute atomic E-state index is 11.9. The molecule has 0 saturated carbocycles. The molecule has 0 aromatic heterocycles. The number of benzene rings is 3. The zero-order chi connectivity index (χ0) is 29.7. The first-order valence-electron chi connectivity index (χ1n) is 14.2. The van der Waals surface area contributed by atoms with Crippen molar-refractivity contribution in [1.29, 1.82) is 0 Å². The normalized spacial score (nSPS) is 13.2. The van der Waals surface area contributed by atoms with Gasteiger partial charge in [0.15, 0.2) is 5.75 Å². The van der Waals surface area contributed by atoms with E-state index in [0.29, 0.717) is 5.75 Å². The summed E-state index contributed by atoms with van der Waals surface area (Å²) >= 11 is 0. The third-order valence-electron chi connectivity index (χ3n) is 7.70. The Labute approximate surface area is 239 Å². The first kappa shape index (κ1) is 31.1. The summed E-state index contributed by atoms with van der Waals surface area (Å²) in [6.45, 7) is 31.8. The minimum Gasteiger partial charge on any atom is -0.255 e. The van der Waals surface area contributed by atoms with Gasteiger partial charge in [-0.2, -0.15) is 0 Å². The van der Waals surface area contributed by atoms with Crippen molar-refractivity contribution in [3.63, 3.8) is 0 Å². The molecule has 0 saturated heterocycles. The van der Waals surface area contributed by atoms with Gasteiger partial charge in [-0.05, 0) is 96.2 Å². The zero-order valence-electron chi connectivity index (χ0n) is 26.9. The van der Waals surface area contributed by atoms with E-state index >= 15 is 0 Å². The second-order valence-corrected chi connectivity index (χ2v) is 15.7. The molecule has 0 radical (unpaired) electrons. The summed E-state index contributed by atoms with van der Waals surface area (Å²) in [4.78, 5) is 0. The van der Waals surface area contributed by atoms with Gasteiger partial charge in [0.25, 0.3) is 0 Å². The first-order chi connectivity index (χ1) is 17.7. The van der Waals surface area contributed by atoms with Gasteiger partial charge in [0.05, 0.1) is 0 Å². The largest absolute Gasteiger partial charge is 0.542 e. The van der Waals surface area contributed by atoms with Gasteiger partial charge in [-0.1, -0.05) is 119 Å². The van der Waals surface area contributed by atoms with E-state index in [1.807, 2.05) is 12.1 Å². The van der Waals surface area contributed by atoms with Crippen LogP contribution < -0.4 is 4.52 Å². The Bertz CT molecular complexity index is 1380. The Kier molecular flexibility index (Phi) is 8.38. The topological polar surface area (TPSA) is 26.3 Å². The quantitative estimate of drug-likeness (QED) is 0.305. The van der Waals surface area contributed by atoms with Crippen molar-refractivity contribution in [2.75, 3.05) is 0 Å². The lowest BCUT2D eigenvalue weighted by molar-refractivity contribution is 0.525. The van der Waals surface area contributed by atoms with Crippen LogP contribution in [0.15, 0.2) is 42.5 Å². The zero-order valence-corrected chi connectivity index (χ0v) is 27.9. The summed E-state index contributed by atoms with van der Waals surface area (Å²) in [6, 6.07) is 15.7. The Balaban J connectivity index is 2.56. The summed E-state index contributed by atoms with van der Waals surface area (Å²) in [5.41, 5.74) is 12.2. The molecule has 210 valence electrons. The van der Waals surface area contributed by atoms with Gasteiger partial charge in [-0.3, -0.25) is 4.52 Å². The van der Waals surface area contributed by atoms with Gasteiger partial charge in [-0.15, -0.1) is 0 Å². The van der Waals surface area contributed by atoms with E-state index in [0.717, 1.165) is 16.7 Å². The molecule has 3 aromatic carbocycles. The van der Waals surface area contributed by atoms with E-state index in [2.05, 4.69) is 127 Å². The fourth-order valence-corrected chi connectivity index (χ4v) is 6.13. The number of hydrogen-bond acceptors (Lipinski definition) is 2. The molecule has 3 aromatic rings. The highest BCUT2D eigenvalue weighted by molar-refractivity contribution is 7.17. The Morgan fingerprint density at radius 1 is 0.538 bits per heavy atom. The molecule has 1 unspecified atom stereocenters. The van der Waals surface area contributed by atoms with Gasteiger partial charge in [0.1, 0.15) is 0 Å². The summed E-state index contributed by atoms with van der Waals surface area (Å²) in [5, 5.41) is 0. The summed E-state index contributed by atoms with van der Waals surface area (Å²) in [5.74, 6) is 0.659. The molecule has 0 fully saturated rings. The standard InChI is InChI=1S/C36H50O2P/c1-22-18-25(29(35(9,10)11)20-27(22)33(3,4)5)24-16-15-17-31(38-39-37)32(24)26-19-23(2)28(34(6,7)8)21-30(26)36(12,13)14/h15-21,39H,1-14H3/q+1. The Morgan fingerprint density at radius 3 is 1.36 bits per heavy atom. The highest BCUT2D eigenvalue weighted by Gasteiger charge is 2.30. The van der Waals surface area contributed by atoms with Crippen LogP contribution in [0.1, 0.15) is 116 Å². The average molecular weight is 546 g/mol. The molecule has 0 aliphatic carbocycles. The van der Waals surface area contributed by atoms with E-state index in [-0.39, 0.29) is 21.7 Å². The van der Waals surface area contributed by atoms with Gasteiger partial charge in [0.2, 0.25) is 0 Å². The molecule has 2 nitrogen and oxygen atoms in total. The number of rotatable bonds is 4. The number of hydrogen-bond donors (Lipinski definition) is 0. The van der Waals surface area contributed by atoms with Crippen molar-refractivity contribution >= 4 is 8.69 Å². The molecule has 39 heavy (non-hydrogen) atoms. The van der Waals surface area contributed by atoms with E-state index in [1.165, 1.54) is 38.9 Å². The third kappa shape index (κ3) is 6.49. The molecule has 1 atom stereocenters. The molecule has 0 amide bonds. The molecule has 0 aliphatic heterocycles.